The van der Waals surface area contributed by atoms with Gasteiger partial charge in [-0.25, -0.2) is 4.39 Å². The summed E-state index contributed by atoms with van der Waals surface area (Å²) >= 11 is 0. The molecule has 1 unspecified atom stereocenters. The molecule has 0 aromatic heterocycles. The fourth-order valence-corrected chi connectivity index (χ4v) is 1.44. The van der Waals surface area contributed by atoms with E-state index in [1.807, 2.05) is 0 Å². The molecule has 0 aliphatic rings. The van der Waals surface area contributed by atoms with Crippen LogP contribution in [0, 0.1) is 12.7 Å². The summed E-state index contributed by atoms with van der Waals surface area (Å²) in [7, 11) is 0. The minimum absolute atomic E-state index is 0.0572. The van der Waals surface area contributed by atoms with Crippen molar-refractivity contribution in [3.63, 3.8) is 0 Å². The van der Waals surface area contributed by atoms with Gasteiger partial charge in [-0.1, -0.05) is 6.07 Å². The number of aromatic hydroxyl groups is 1. The monoisotopic (exact) mass is 227 g/mol. The highest BCUT2D eigenvalue weighted by Gasteiger charge is 2.13. The van der Waals surface area contributed by atoms with Crippen molar-refractivity contribution in [3.05, 3.63) is 29.1 Å². The first-order valence-electron chi connectivity index (χ1n) is 4.88. The second-order valence-corrected chi connectivity index (χ2v) is 3.71. The Balaban J connectivity index is 2.84. The third-order valence-electron chi connectivity index (χ3n) is 2.36. The van der Waals surface area contributed by atoms with Gasteiger partial charge in [0.05, 0.1) is 0 Å². The fraction of sp³-hybridized carbons (Fsp3) is 0.364. The smallest absolute Gasteiger partial charge is 0.303 e. The minimum Gasteiger partial charge on any atom is -0.505 e. The van der Waals surface area contributed by atoms with Gasteiger partial charge in [0.25, 0.3) is 0 Å². The lowest BCUT2D eigenvalue weighted by Gasteiger charge is -2.12. The molecule has 0 saturated carbocycles. The minimum atomic E-state index is -0.932. The maximum Gasteiger partial charge on any atom is 0.303 e. The van der Waals surface area contributed by atoms with Crippen LogP contribution in [0.1, 0.15) is 30.0 Å². The van der Waals surface area contributed by atoms with Crippen LogP contribution in [-0.2, 0) is 4.79 Å². The van der Waals surface area contributed by atoms with Crippen LogP contribution in [0.3, 0.4) is 0 Å². The number of benzene rings is 1. The molecule has 4 nitrogen and oxygen atoms in total. The largest absolute Gasteiger partial charge is 0.505 e. The first kappa shape index (κ1) is 12.4. The lowest BCUT2D eigenvalue weighted by molar-refractivity contribution is -0.137. The number of aryl methyl sites for hydroxylation is 1. The number of nitrogens with two attached hydrogens (primary N) is 1. The van der Waals surface area contributed by atoms with E-state index in [1.165, 1.54) is 19.1 Å². The molecule has 0 heterocycles. The number of rotatable bonds is 4. The molecule has 0 fully saturated rings. The van der Waals surface area contributed by atoms with E-state index < -0.39 is 23.6 Å². The van der Waals surface area contributed by atoms with E-state index >= 15 is 0 Å². The van der Waals surface area contributed by atoms with Gasteiger partial charge in [0.2, 0.25) is 0 Å². The summed E-state index contributed by atoms with van der Waals surface area (Å²) in [5.41, 5.74) is 6.57. The lowest BCUT2D eigenvalue weighted by atomic mass is 10.0. The van der Waals surface area contributed by atoms with Gasteiger partial charge in [0, 0.05) is 12.5 Å². The molecule has 0 aliphatic heterocycles. The highest BCUT2D eigenvalue weighted by molar-refractivity contribution is 5.66. The normalized spacial score (nSPS) is 12.4. The number of halogens is 1. The first-order valence-corrected chi connectivity index (χ1v) is 4.88. The Kier molecular flexibility index (Phi) is 3.84. The summed E-state index contributed by atoms with van der Waals surface area (Å²) in [6.07, 6.45) is 0.193. The molecule has 1 aromatic carbocycles. The van der Waals surface area contributed by atoms with Crippen LogP contribution in [0.2, 0.25) is 0 Å². The lowest BCUT2D eigenvalue weighted by Crippen LogP contribution is -2.12. The maximum atomic E-state index is 13.1. The Morgan fingerprint density at radius 3 is 2.69 bits per heavy atom. The van der Waals surface area contributed by atoms with Gasteiger partial charge in [0.1, 0.15) is 0 Å². The number of hydrogen-bond donors (Lipinski definition) is 3. The fourth-order valence-electron chi connectivity index (χ4n) is 1.44. The van der Waals surface area contributed by atoms with E-state index in [4.69, 9.17) is 10.8 Å². The van der Waals surface area contributed by atoms with Crippen molar-refractivity contribution in [2.45, 2.75) is 25.8 Å². The number of carboxylic acid groups (broad SMARTS) is 1. The third-order valence-corrected chi connectivity index (χ3v) is 2.36. The van der Waals surface area contributed by atoms with Crippen molar-refractivity contribution in [1.29, 1.82) is 0 Å². The Bertz CT molecular complexity index is 383. The highest BCUT2D eigenvalue weighted by atomic mass is 19.1. The van der Waals surface area contributed by atoms with Crippen LogP contribution < -0.4 is 5.73 Å². The quantitative estimate of drug-likeness (QED) is 0.731. The molecule has 88 valence electrons. The van der Waals surface area contributed by atoms with Crippen LogP contribution in [-0.4, -0.2) is 16.2 Å². The van der Waals surface area contributed by atoms with Crippen molar-refractivity contribution in [2.75, 3.05) is 0 Å². The molecule has 0 radical (unpaired) electrons. The molecule has 0 saturated heterocycles. The Morgan fingerprint density at radius 2 is 2.19 bits per heavy atom. The molecular formula is C11H14FNO3. The zero-order valence-electron chi connectivity index (χ0n) is 8.90. The molecule has 4 N–H and O–H groups in total. The topological polar surface area (TPSA) is 83.6 Å². The number of phenolic OH excluding ortho intramolecular Hbond substituents is 1. The standard InChI is InChI=1S/C11H14FNO3/c1-6-4-7(5-9(14)11(6)12)8(13)2-3-10(15)16/h4-5,8,14H,2-3,13H2,1H3,(H,15,16). The SMILES string of the molecule is Cc1cc(C(N)CCC(=O)O)cc(O)c1F. The Hall–Kier alpha value is -1.62. The van der Waals surface area contributed by atoms with Gasteiger partial charge < -0.3 is 15.9 Å². The molecular weight excluding hydrogens is 213 g/mol. The van der Waals surface area contributed by atoms with Crippen molar-refractivity contribution in [3.8, 4) is 5.75 Å². The molecule has 5 heteroatoms. The van der Waals surface area contributed by atoms with Gasteiger partial charge in [-0.3, -0.25) is 4.79 Å². The highest BCUT2D eigenvalue weighted by Crippen LogP contribution is 2.25. The van der Waals surface area contributed by atoms with Crippen molar-refractivity contribution < 1.29 is 19.4 Å². The van der Waals surface area contributed by atoms with Crippen LogP contribution in [0.5, 0.6) is 5.75 Å². The van der Waals surface area contributed by atoms with Crippen LogP contribution in [0.15, 0.2) is 12.1 Å². The third kappa shape index (κ3) is 2.93. The van der Waals surface area contributed by atoms with Crippen LogP contribution in [0.4, 0.5) is 4.39 Å². The summed E-state index contributed by atoms with van der Waals surface area (Å²) in [5.74, 6) is -2.06. The van der Waals surface area contributed by atoms with E-state index in [-0.39, 0.29) is 12.8 Å². The van der Waals surface area contributed by atoms with Crippen LogP contribution in [0.25, 0.3) is 0 Å². The number of carbonyl (C=O) groups is 1. The average molecular weight is 227 g/mol. The van der Waals surface area contributed by atoms with E-state index in [9.17, 15) is 14.3 Å². The molecule has 1 atom stereocenters. The summed E-state index contributed by atoms with van der Waals surface area (Å²) in [6, 6.07) is 2.23. The van der Waals surface area contributed by atoms with E-state index in [2.05, 4.69) is 0 Å². The molecule has 1 rings (SSSR count). The van der Waals surface area contributed by atoms with E-state index in [0.717, 1.165) is 0 Å². The van der Waals surface area contributed by atoms with Gasteiger partial charge in [-0.15, -0.1) is 0 Å². The Morgan fingerprint density at radius 1 is 1.56 bits per heavy atom. The van der Waals surface area contributed by atoms with Gasteiger partial charge >= 0.3 is 5.97 Å². The first-order chi connectivity index (χ1) is 7.41. The van der Waals surface area contributed by atoms with Gasteiger partial charge in [-0.2, -0.15) is 0 Å². The molecule has 1 aromatic rings. The predicted molar refractivity (Wildman–Crippen MR) is 56.6 cm³/mol. The number of carboxylic acids is 1. The summed E-state index contributed by atoms with van der Waals surface area (Å²) in [4.78, 5) is 10.4. The van der Waals surface area contributed by atoms with Gasteiger partial charge in [0.15, 0.2) is 11.6 Å². The molecule has 0 bridgehead atoms. The molecule has 0 spiro atoms. The Labute approximate surface area is 92.5 Å². The second kappa shape index (κ2) is 4.94. The summed E-state index contributed by atoms with van der Waals surface area (Å²) in [5, 5.41) is 17.8. The van der Waals surface area contributed by atoms with Gasteiger partial charge in [-0.05, 0) is 30.5 Å². The van der Waals surface area contributed by atoms with E-state index in [1.54, 1.807) is 0 Å². The predicted octanol–water partition coefficient (Wildman–Crippen LogP) is 1.70. The number of aliphatic carboxylic acids is 1. The zero-order valence-corrected chi connectivity index (χ0v) is 8.90. The summed E-state index contributed by atoms with van der Waals surface area (Å²) < 4.78 is 13.1. The van der Waals surface area contributed by atoms with E-state index in [0.29, 0.717) is 11.1 Å². The maximum absolute atomic E-state index is 13.1. The molecule has 0 aliphatic carbocycles. The van der Waals surface area contributed by atoms with Crippen molar-refractivity contribution in [2.24, 2.45) is 5.73 Å². The molecule has 16 heavy (non-hydrogen) atoms. The van der Waals surface area contributed by atoms with Crippen LogP contribution >= 0.6 is 0 Å². The number of phenols is 1. The zero-order chi connectivity index (χ0) is 12.3. The average Bonchev–Trinajstić information content (AvgIpc) is 2.21. The van der Waals surface area contributed by atoms with Crippen molar-refractivity contribution in [1.82, 2.24) is 0 Å². The second-order valence-electron chi connectivity index (χ2n) is 3.71. The summed E-state index contributed by atoms with van der Waals surface area (Å²) in [6.45, 7) is 1.52. The molecule has 0 amide bonds. The number of hydrogen-bond acceptors (Lipinski definition) is 3. The van der Waals surface area contributed by atoms with Crippen molar-refractivity contribution >= 4 is 5.97 Å².